The minimum atomic E-state index is -0.767. The van der Waals surface area contributed by atoms with Crippen LogP contribution in [0.5, 0.6) is 0 Å². The molecule has 1 N–H and O–H groups in total. The largest absolute Gasteiger partial charge is 0.481 e. The average molecular weight is 311 g/mol. The first kappa shape index (κ1) is 17.1. The lowest BCUT2D eigenvalue weighted by molar-refractivity contribution is -0.138. The highest BCUT2D eigenvalue weighted by atomic mass is 16.4. The van der Waals surface area contributed by atoms with Gasteiger partial charge in [-0.2, -0.15) is 0 Å². The molecule has 23 heavy (non-hydrogen) atoms. The topological polar surface area (TPSA) is 40.5 Å². The Kier molecular flexibility index (Phi) is 5.09. The first-order valence-corrected chi connectivity index (χ1v) is 7.86. The molecule has 0 aliphatic heterocycles. The quantitative estimate of drug-likeness (QED) is 0.904. The van der Waals surface area contributed by atoms with E-state index in [1.807, 2.05) is 64.0 Å². The fourth-order valence-corrected chi connectivity index (χ4v) is 3.22. The number of carbonyl (C=O) groups is 1. The summed E-state index contributed by atoms with van der Waals surface area (Å²) in [6.45, 7) is 6.04. The molecule has 122 valence electrons. The molecule has 2 aromatic carbocycles. The van der Waals surface area contributed by atoms with Crippen LogP contribution in [0.25, 0.3) is 0 Å². The smallest absolute Gasteiger partial charge is 0.311 e. The third kappa shape index (κ3) is 3.92. The van der Waals surface area contributed by atoms with Crippen LogP contribution in [0.2, 0.25) is 0 Å². The summed E-state index contributed by atoms with van der Waals surface area (Å²) >= 11 is 0. The number of rotatable bonds is 5. The van der Waals surface area contributed by atoms with Crippen molar-refractivity contribution in [2.45, 2.75) is 33.1 Å². The Morgan fingerprint density at radius 1 is 1.04 bits per heavy atom. The third-order valence-corrected chi connectivity index (χ3v) is 4.28. The van der Waals surface area contributed by atoms with E-state index in [9.17, 15) is 9.90 Å². The molecule has 2 aromatic rings. The van der Waals surface area contributed by atoms with Crippen LogP contribution in [0.15, 0.2) is 36.4 Å². The number of aliphatic carboxylic acids is 1. The molecule has 2 rings (SSSR count). The molecule has 1 unspecified atom stereocenters. The zero-order valence-electron chi connectivity index (χ0n) is 14.6. The van der Waals surface area contributed by atoms with Crippen LogP contribution in [0.1, 0.15) is 33.7 Å². The Labute approximate surface area is 138 Å². The van der Waals surface area contributed by atoms with Gasteiger partial charge in [0.25, 0.3) is 0 Å². The number of nitrogens with zero attached hydrogens (tertiary/aromatic N) is 1. The molecule has 0 saturated heterocycles. The van der Waals surface area contributed by atoms with E-state index in [1.165, 1.54) is 5.56 Å². The van der Waals surface area contributed by atoms with Crippen molar-refractivity contribution in [1.29, 1.82) is 0 Å². The number of aryl methyl sites for hydroxylation is 3. The summed E-state index contributed by atoms with van der Waals surface area (Å²) in [7, 11) is 3.99. The highest BCUT2D eigenvalue weighted by molar-refractivity contribution is 5.78. The molecule has 3 nitrogen and oxygen atoms in total. The van der Waals surface area contributed by atoms with Gasteiger partial charge in [0, 0.05) is 19.8 Å². The molecular formula is C20H25NO2. The Morgan fingerprint density at radius 3 is 2.00 bits per heavy atom. The van der Waals surface area contributed by atoms with Crippen molar-refractivity contribution in [2.75, 3.05) is 19.0 Å². The lowest BCUT2D eigenvalue weighted by Crippen LogP contribution is -2.17. The van der Waals surface area contributed by atoms with Crippen molar-refractivity contribution in [3.05, 3.63) is 64.2 Å². The predicted molar refractivity (Wildman–Crippen MR) is 95.5 cm³/mol. The number of hydrogen-bond donors (Lipinski definition) is 1. The number of carboxylic acids is 1. The maximum absolute atomic E-state index is 11.9. The molecule has 0 fully saturated rings. The molecular weight excluding hydrogens is 286 g/mol. The SMILES string of the molecule is Cc1cc(C)c(C(Cc2ccc(N(C)C)cc2)C(=O)O)c(C)c1. The van der Waals surface area contributed by atoms with Crippen molar-refractivity contribution < 1.29 is 9.90 Å². The molecule has 0 saturated carbocycles. The van der Waals surface area contributed by atoms with Crippen molar-refractivity contribution in [3.8, 4) is 0 Å². The summed E-state index contributed by atoms with van der Waals surface area (Å²) in [4.78, 5) is 13.9. The highest BCUT2D eigenvalue weighted by Gasteiger charge is 2.24. The van der Waals surface area contributed by atoms with E-state index in [0.29, 0.717) is 6.42 Å². The lowest BCUT2D eigenvalue weighted by atomic mass is 9.85. The van der Waals surface area contributed by atoms with Gasteiger partial charge in [0.1, 0.15) is 0 Å². The van der Waals surface area contributed by atoms with Crippen LogP contribution in [-0.2, 0) is 11.2 Å². The molecule has 0 bridgehead atoms. The van der Waals surface area contributed by atoms with E-state index >= 15 is 0 Å². The highest BCUT2D eigenvalue weighted by Crippen LogP contribution is 2.29. The molecule has 0 aliphatic rings. The van der Waals surface area contributed by atoms with Gasteiger partial charge in [-0.3, -0.25) is 4.79 Å². The van der Waals surface area contributed by atoms with Crippen molar-refractivity contribution in [3.63, 3.8) is 0 Å². The first-order chi connectivity index (χ1) is 10.8. The van der Waals surface area contributed by atoms with Gasteiger partial charge in [0.2, 0.25) is 0 Å². The minimum Gasteiger partial charge on any atom is -0.481 e. The molecule has 0 amide bonds. The standard InChI is InChI=1S/C20H25NO2/c1-13-10-14(2)19(15(3)11-13)18(20(22)23)12-16-6-8-17(9-7-16)21(4)5/h6-11,18H,12H2,1-5H3,(H,22,23). The van der Waals surface area contributed by atoms with Crippen LogP contribution >= 0.6 is 0 Å². The maximum atomic E-state index is 11.9. The Balaban J connectivity index is 2.35. The lowest BCUT2D eigenvalue weighted by Gasteiger charge is -2.19. The Bertz CT molecular complexity index is 679. The van der Waals surface area contributed by atoms with Gasteiger partial charge < -0.3 is 10.0 Å². The zero-order chi connectivity index (χ0) is 17.1. The monoisotopic (exact) mass is 311 g/mol. The summed E-state index contributed by atoms with van der Waals surface area (Å²) in [6.07, 6.45) is 0.508. The Hall–Kier alpha value is -2.29. The van der Waals surface area contributed by atoms with Gasteiger partial charge in [-0.05, 0) is 61.6 Å². The fourth-order valence-electron chi connectivity index (χ4n) is 3.22. The molecule has 0 heterocycles. The molecule has 0 aromatic heterocycles. The second kappa shape index (κ2) is 6.86. The third-order valence-electron chi connectivity index (χ3n) is 4.28. The summed E-state index contributed by atoms with van der Waals surface area (Å²) in [5.74, 6) is -1.28. The van der Waals surface area contributed by atoms with Gasteiger partial charge in [-0.25, -0.2) is 0 Å². The summed E-state index contributed by atoms with van der Waals surface area (Å²) in [5.41, 5.74) is 6.38. The van der Waals surface area contributed by atoms with E-state index in [-0.39, 0.29) is 0 Å². The van der Waals surface area contributed by atoms with Crippen LogP contribution < -0.4 is 4.90 Å². The first-order valence-electron chi connectivity index (χ1n) is 7.86. The number of anilines is 1. The predicted octanol–water partition coefficient (Wildman–Crippen LogP) is 4.09. The fraction of sp³-hybridized carbons (Fsp3) is 0.350. The molecule has 3 heteroatoms. The zero-order valence-corrected chi connectivity index (χ0v) is 14.6. The maximum Gasteiger partial charge on any atom is 0.311 e. The summed E-state index contributed by atoms with van der Waals surface area (Å²) < 4.78 is 0. The molecule has 0 aliphatic carbocycles. The summed E-state index contributed by atoms with van der Waals surface area (Å²) in [5, 5.41) is 9.74. The molecule has 0 spiro atoms. The van der Waals surface area contributed by atoms with Gasteiger partial charge in [0.05, 0.1) is 5.92 Å². The Morgan fingerprint density at radius 2 is 1.57 bits per heavy atom. The second-order valence-electron chi connectivity index (χ2n) is 6.47. The van der Waals surface area contributed by atoms with E-state index in [4.69, 9.17) is 0 Å². The van der Waals surface area contributed by atoms with Gasteiger partial charge in [-0.15, -0.1) is 0 Å². The van der Waals surface area contributed by atoms with Crippen molar-refractivity contribution in [2.24, 2.45) is 0 Å². The minimum absolute atomic E-state index is 0.508. The van der Waals surface area contributed by atoms with Crippen LogP contribution in [0, 0.1) is 20.8 Å². The van der Waals surface area contributed by atoms with E-state index in [2.05, 4.69) is 12.1 Å². The van der Waals surface area contributed by atoms with Crippen LogP contribution in [0.3, 0.4) is 0 Å². The normalized spacial score (nSPS) is 12.0. The van der Waals surface area contributed by atoms with Crippen molar-refractivity contribution >= 4 is 11.7 Å². The number of benzene rings is 2. The molecule has 1 atom stereocenters. The van der Waals surface area contributed by atoms with E-state index in [1.54, 1.807) is 0 Å². The van der Waals surface area contributed by atoms with Gasteiger partial charge >= 0.3 is 5.97 Å². The van der Waals surface area contributed by atoms with Crippen LogP contribution in [0.4, 0.5) is 5.69 Å². The van der Waals surface area contributed by atoms with Crippen molar-refractivity contribution in [1.82, 2.24) is 0 Å². The van der Waals surface area contributed by atoms with E-state index in [0.717, 1.165) is 27.9 Å². The number of carboxylic acid groups (broad SMARTS) is 1. The van der Waals surface area contributed by atoms with Gasteiger partial charge in [-0.1, -0.05) is 29.8 Å². The average Bonchev–Trinajstić information content (AvgIpc) is 2.45. The van der Waals surface area contributed by atoms with E-state index < -0.39 is 11.9 Å². The second-order valence-corrected chi connectivity index (χ2v) is 6.47. The van der Waals surface area contributed by atoms with Gasteiger partial charge in [0.15, 0.2) is 0 Å². The number of hydrogen-bond acceptors (Lipinski definition) is 2. The summed E-state index contributed by atoms with van der Waals surface area (Å²) in [6, 6.07) is 12.2. The molecule has 0 radical (unpaired) electrons. The van der Waals surface area contributed by atoms with Crippen LogP contribution in [-0.4, -0.2) is 25.2 Å².